The standard InChI is InChI=1S/C22H22N2O3/c1-3-21(25)27-16-6-4-5-15-24-22(26)19-9-7-17(8-10-19)18-11-13-20(23-2)14-12-18/h3,7-14H,1,4-6,15-16H2,(H,24,26). The summed E-state index contributed by atoms with van der Waals surface area (Å²) in [6.45, 7) is 11.3. The van der Waals surface area contributed by atoms with Gasteiger partial charge >= 0.3 is 5.97 Å². The third-order valence-corrected chi connectivity index (χ3v) is 3.99. The van der Waals surface area contributed by atoms with E-state index in [4.69, 9.17) is 11.3 Å². The van der Waals surface area contributed by atoms with Crippen LogP contribution in [0.1, 0.15) is 29.6 Å². The van der Waals surface area contributed by atoms with Crippen LogP contribution in [0.3, 0.4) is 0 Å². The molecule has 1 amide bonds. The van der Waals surface area contributed by atoms with E-state index < -0.39 is 5.97 Å². The number of hydrogen-bond donors (Lipinski definition) is 1. The lowest BCUT2D eigenvalue weighted by Crippen LogP contribution is -2.24. The molecule has 2 rings (SSSR count). The molecule has 0 aliphatic carbocycles. The van der Waals surface area contributed by atoms with Gasteiger partial charge in [-0.1, -0.05) is 43.0 Å². The number of unbranched alkanes of at least 4 members (excludes halogenated alkanes) is 2. The van der Waals surface area contributed by atoms with Crippen LogP contribution < -0.4 is 5.32 Å². The van der Waals surface area contributed by atoms with E-state index in [1.165, 1.54) is 0 Å². The van der Waals surface area contributed by atoms with Gasteiger partial charge in [0.15, 0.2) is 5.69 Å². The van der Waals surface area contributed by atoms with Crippen LogP contribution in [0.4, 0.5) is 5.69 Å². The molecule has 0 heterocycles. The Kier molecular flexibility index (Phi) is 7.80. The minimum absolute atomic E-state index is 0.108. The number of nitrogens with zero attached hydrogens (tertiary/aromatic N) is 1. The van der Waals surface area contributed by atoms with Crippen LogP contribution in [0.2, 0.25) is 0 Å². The molecule has 2 aromatic rings. The van der Waals surface area contributed by atoms with Gasteiger partial charge in [0.25, 0.3) is 5.91 Å². The van der Waals surface area contributed by atoms with E-state index in [2.05, 4.69) is 16.7 Å². The lowest BCUT2D eigenvalue weighted by molar-refractivity contribution is -0.137. The van der Waals surface area contributed by atoms with Crippen molar-refractivity contribution in [2.75, 3.05) is 13.2 Å². The van der Waals surface area contributed by atoms with Crippen molar-refractivity contribution in [2.24, 2.45) is 0 Å². The maximum atomic E-state index is 12.2. The van der Waals surface area contributed by atoms with Gasteiger partial charge in [0.05, 0.1) is 13.2 Å². The summed E-state index contributed by atoms with van der Waals surface area (Å²) in [4.78, 5) is 26.4. The van der Waals surface area contributed by atoms with E-state index in [0.717, 1.165) is 36.5 Å². The van der Waals surface area contributed by atoms with Crippen LogP contribution in [0.5, 0.6) is 0 Å². The first-order chi connectivity index (χ1) is 13.1. The average molecular weight is 362 g/mol. The van der Waals surface area contributed by atoms with Gasteiger partial charge < -0.3 is 10.1 Å². The van der Waals surface area contributed by atoms with E-state index in [0.29, 0.717) is 24.4 Å². The Morgan fingerprint density at radius 1 is 1.00 bits per heavy atom. The van der Waals surface area contributed by atoms with Crippen molar-refractivity contribution in [3.05, 3.63) is 78.2 Å². The average Bonchev–Trinajstić information content (AvgIpc) is 2.72. The van der Waals surface area contributed by atoms with Crippen LogP contribution in [-0.2, 0) is 9.53 Å². The van der Waals surface area contributed by atoms with Crippen LogP contribution in [0.15, 0.2) is 61.2 Å². The molecule has 0 aliphatic rings. The number of carbonyl (C=O) groups is 2. The van der Waals surface area contributed by atoms with Crippen molar-refractivity contribution in [1.82, 2.24) is 5.32 Å². The Balaban J connectivity index is 1.74. The van der Waals surface area contributed by atoms with Crippen molar-refractivity contribution in [3.63, 3.8) is 0 Å². The number of hydrogen-bond acceptors (Lipinski definition) is 3. The molecular weight excluding hydrogens is 340 g/mol. The number of carbonyl (C=O) groups excluding carboxylic acids is 2. The fourth-order valence-corrected chi connectivity index (χ4v) is 2.48. The SMILES string of the molecule is [C-]#[N+]c1ccc(-c2ccc(C(=O)NCCCCCOC(=O)C=C)cc2)cc1. The van der Waals surface area contributed by atoms with Crippen LogP contribution in [0, 0.1) is 6.57 Å². The molecule has 2 aromatic carbocycles. The van der Waals surface area contributed by atoms with Gasteiger partial charge in [-0.15, -0.1) is 0 Å². The Bertz CT molecular complexity index is 818. The molecule has 27 heavy (non-hydrogen) atoms. The zero-order chi connectivity index (χ0) is 19.5. The molecule has 0 unspecified atom stereocenters. The summed E-state index contributed by atoms with van der Waals surface area (Å²) in [7, 11) is 0. The van der Waals surface area contributed by atoms with Crippen LogP contribution >= 0.6 is 0 Å². The summed E-state index contributed by atoms with van der Waals surface area (Å²) < 4.78 is 4.89. The summed E-state index contributed by atoms with van der Waals surface area (Å²) in [5, 5.41) is 2.89. The van der Waals surface area contributed by atoms with Crippen molar-refractivity contribution < 1.29 is 14.3 Å². The predicted octanol–water partition coefficient (Wildman–Crippen LogP) is 4.53. The minimum atomic E-state index is -0.408. The van der Waals surface area contributed by atoms with Gasteiger partial charge in [0.2, 0.25) is 0 Å². The quantitative estimate of drug-likeness (QED) is 0.308. The Hall–Kier alpha value is -3.39. The second kappa shape index (κ2) is 10.6. The fourth-order valence-electron chi connectivity index (χ4n) is 2.48. The van der Waals surface area contributed by atoms with E-state index in [-0.39, 0.29) is 5.91 Å². The minimum Gasteiger partial charge on any atom is -0.463 e. The zero-order valence-electron chi connectivity index (χ0n) is 15.1. The van der Waals surface area contributed by atoms with E-state index >= 15 is 0 Å². The van der Waals surface area contributed by atoms with Gasteiger partial charge in [0, 0.05) is 18.2 Å². The summed E-state index contributed by atoms with van der Waals surface area (Å²) in [5.74, 6) is -0.517. The highest BCUT2D eigenvalue weighted by molar-refractivity contribution is 5.94. The normalized spacial score (nSPS) is 9.89. The van der Waals surface area contributed by atoms with Gasteiger partial charge in [-0.25, -0.2) is 9.64 Å². The fraction of sp³-hybridized carbons (Fsp3) is 0.227. The largest absolute Gasteiger partial charge is 0.463 e. The molecule has 0 aromatic heterocycles. The second-order valence-electron chi connectivity index (χ2n) is 5.92. The number of amides is 1. The monoisotopic (exact) mass is 362 g/mol. The van der Waals surface area contributed by atoms with E-state index in [1.807, 2.05) is 24.3 Å². The third kappa shape index (κ3) is 6.44. The smallest absolute Gasteiger partial charge is 0.330 e. The Labute approximate surface area is 159 Å². The Morgan fingerprint density at radius 2 is 1.63 bits per heavy atom. The highest BCUT2D eigenvalue weighted by Crippen LogP contribution is 2.23. The first-order valence-corrected chi connectivity index (χ1v) is 8.79. The zero-order valence-corrected chi connectivity index (χ0v) is 15.1. The molecule has 1 N–H and O–H groups in total. The second-order valence-corrected chi connectivity index (χ2v) is 5.92. The lowest BCUT2D eigenvalue weighted by Gasteiger charge is -2.07. The van der Waals surface area contributed by atoms with Crippen LogP contribution in [-0.4, -0.2) is 25.0 Å². The summed E-state index contributed by atoms with van der Waals surface area (Å²) in [6.07, 6.45) is 3.59. The summed E-state index contributed by atoms with van der Waals surface area (Å²) in [5.41, 5.74) is 3.22. The molecular formula is C22H22N2O3. The first-order valence-electron chi connectivity index (χ1n) is 8.79. The maximum Gasteiger partial charge on any atom is 0.330 e. The molecule has 5 heteroatoms. The lowest BCUT2D eigenvalue weighted by atomic mass is 10.0. The molecule has 0 atom stereocenters. The van der Waals surface area contributed by atoms with Crippen molar-refractivity contribution in [1.29, 1.82) is 0 Å². The molecule has 0 saturated carbocycles. The molecule has 0 spiro atoms. The number of benzene rings is 2. The van der Waals surface area contributed by atoms with Gasteiger partial charge in [-0.2, -0.15) is 0 Å². The summed E-state index contributed by atoms with van der Waals surface area (Å²) in [6, 6.07) is 14.7. The molecule has 5 nitrogen and oxygen atoms in total. The molecule has 0 radical (unpaired) electrons. The van der Waals surface area contributed by atoms with Crippen molar-refractivity contribution >= 4 is 17.6 Å². The number of rotatable bonds is 9. The molecule has 0 saturated heterocycles. The molecule has 0 fully saturated rings. The van der Waals surface area contributed by atoms with Crippen molar-refractivity contribution in [2.45, 2.75) is 19.3 Å². The Morgan fingerprint density at radius 3 is 2.22 bits per heavy atom. The number of nitrogens with one attached hydrogen (secondary N) is 1. The molecule has 138 valence electrons. The van der Waals surface area contributed by atoms with Crippen molar-refractivity contribution in [3.8, 4) is 11.1 Å². The van der Waals surface area contributed by atoms with E-state index in [9.17, 15) is 9.59 Å². The number of ether oxygens (including phenoxy) is 1. The maximum absolute atomic E-state index is 12.2. The summed E-state index contributed by atoms with van der Waals surface area (Å²) >= 11 is 0. The first kappa shape index (κ1) is 19.9. The van der Waals surface area contributed by atoms with Gasteiger partial charge in [-0.05, 0) is 42.5 Å². The number of esters is 1. The van der Waals surface area contributed by atoms with E-state index in [1.54, 1.807) is 24.3 Å². The topological polar surface area (TPSA) is 59.8 Å². The predicted molar refractivity (Wildman–Crippen MR) is 105 cm³/mol. The van der Waals surface area contributed by atoms with Gasteiger partial charge in [0.1, 0.15) is 0 Å². The van der Waals surface area contributed by atoms with Gasteiger partial charge in [-0.3, -0.25) is 4.79 Å². The van der Waals surface area contributed by atoms with Crippen LogP contribution in [0.25, 0.3) is 16.0 Å². The highest BCUT2D eigenvalue weighted by atomic mass is 16.5. The molecule has 0 bridgehead atoms. The highest BCUT2D eigenvalue weighted by Gasteiger charge is 2.05. The third-order valence-electron chi connectivity index (χ3n) is 3.99. The molecule has 0 aliphatic heterocycles.